The van der Waals surface area contributed by atoms with Gasteiger partial charge in [0.1, 0.15) is 0 Å². The van der Waals surface area contributed by atoms with Crippen LogP contribution in [0.15, 0.2) is 23.7 Å². The molecule has 0 bridgehead atoms. The summed E-state index contributed by atoms with van der Waals surface area (Å²) in [7, 11) is 3.53. The van der Waals surface area contributed by atoms with Crippen LogP contribution in [0.2, 0.25) is 0 Å². The lowest BCUT2D eigenvalue weighted by Gasteiger charge is -2.21. The van der Waals surface area contributed by atoms with E-state index in [-0.39, 0.29) is 24.0 Å². The summed E-state index contributed by atoms with van der Waals surface area (Å²) in [5.41, 5.74) is 0. The normalized spacial score (nSPS) is 18.1. The highest BCUT2D eigenvalue weighted by atomic mass is 127. The monoisotopic (exact) mass is 437 g/mol. The van der Waals surface area contributed by atoms with Crippen LogP contribution in [0.25, 0.3) is 0 Å². The first-order valence-electron chi connectivity index (χ1n) is 7.81. The molecule has 1 atom stereocenters. The number of guanidine groups is 1. The van der Waals surface area contributed by atoms with E-state index in [9.17, 15) is 0 Å². The molecule has 1 aromatic heterocycles. The zero-order valence-corrected chi connectivity index (χ0v) is 16.3. The summed E-state index contributed by atoms with van der Waals surface area (Å²) in [5, 5.41) is 3.41. The molecule has 132 valence electrons. The van der Waals surface area contributed by atoms with Gasteiger partial charge in [-0.1, -0.05) is 0 Å². The molecule has 1 fully saturated rings. The van der Waals surface area contributed by atoms with Crippen LogP contribution in [0.1, 0.15) is 6.42 Å². The van der Waals surface area contributed by atoms with Gasteiger partial charge in [-0.2, -0.15) is 0 Å². The lowest BCUT2D eigenvalue weighted by atomic mass is 10.1. The average Bonchev–Trinajstić information content (AvgIpc) is 3.20. The summed E-state index contributed by atoms with van der Waals surface area (Å²) in [6.07, 6.45) is 6.74. The molecule has 1 aliphatic rings. The van der Waals surface area contributed by atoms with E-state index in [0.717, 1.165) is 45.2 Å². The van der Waals surface area contributed by atoms with Gasteiger partial charge < -0.3 is 24.3 Å². The number of nitrogens with one attached hydrogen (secondary N) is 1. The van der Waals surface area contributed by atoms with Gasteiger partial charge in [0, 0.05) is 58.6 Å². The minimum absolute atomic E-state index is 0. The number of aliphatic imine (C=N–C) groups is 1. The molecule has 2 heterocycles. The minimum atomic E-state index is 0. The van der Waals surface area contributed by atoms with Gasteiger partial charge in [-0.05, 0) is 6.42 Å². The van der Waals surface area contributed by atoms with Gasteiger partial charge in [-0.3, -0.25) is 4.99 Å². The van der Waals surface area contributed by atoms with E-state index in [1.165, 1.54) is 0 Å². The molecule has 1 aliphatic heterocycles. The maximum atomic E-state index is 5.63. The van der Waals surface area contributed by atoms with Gasteiger partial charge in [0.05, 0.1) is 26.1 Å². The van der Waals surface area contributed by atoms with E-state index in [2.05, 4.69) is 24.8 Å². The summed E-state index contributed by atoms with van der Waals surface area (Å²) in [6.45, 7) is 5.89. The van der Waals surface area contributed by atoms with Gasteiger partial charge in [0.25, 0.3) is 0 Å². The zero-order valence-electron chi connectivity index (χ0n) is 14.0. The Morgan fingerprint density at radius 3 is 3.00 bits per heavy atom. The summed E-state index contributed by atoms with van der Waals surface area (Å²) in [5.74, 6) is 1.54. The number of methoxy groups -OCH3 is 1. The van der Waals surface area contributed by atoms with Crippen molar-refractivity contribution in [3.63, 3.8) is 0 Å². The van der Waals surface area contributed by atoms with Gasteiger partial charge in [-0.25, -0.2) is 4.98 Å². The number of imidazole rings is 1. The first kappa shape index (κ1) is 20.2. The molecule has 0 radical (unpaired) electrons. The second-order valence-corrected chi connectivity index (χ2v) is 5.44. The highest BCUT2D eigenvalue weighted by Crippen LogP contribution is 2.16. The number of ether oxygens (including phenoxy) is 2. The Bertz CT molecular complexity index is 441. The van der Waals surface area contributed by atoms with Gasteiger partial charge in [0.2, 0.25) is 0 Å². The Morgan fingerprint density at radius 2 is 2.30 bits per heavy atom. The minimum Gasteiger partial charge on any atom is -0.382 e. The van der Waals surface area contributed by atoms with Crippen LogP contribution in [0.3, 0.4) is 0 Å². The van der Waals surface area contributed by atoms with Crippen molar-refractivity contribution in [3.05, 3.63) is 18.7 Å². The fourth-order valence-corrected chi connectivity index (χ4v) is 2.60. The highest BCUT2D eigenvalue weighted by molar-refractivity contribution is 14.0. The molecular weight excluding hydrogens is 409 g/mol. The Kier molecular flexibility index (Phi) is 10.2. The second kappa shape index (κ2) is 11.6. The molecule has 8 heteroatoms. The molecule has 1 unspecified atom stereocenters. The molecule has 0 aliphatic carbocycles. The third-order valence-corrected chi connectivity index (χ3v) is 3.79. The Labute approximate surface area is 155 Å². The maximum absolute atomic E-state index is 5.63. The van der Waals surface area contributed by atoms with E-state index in [1.807, 2.05) is 19.6 Å². The molecule has 1 saturated heterocycles. The number of nitrogens with zero attached hydrogens (tertiary/aromatic N) is 4. The largest absolute Gasteiger partial charge is 0.382 e. The fourth-order valence-electron chi connectivity index (χ4n) is 2.60. The maximum Gasteiger partial charge on any atom is 0.193 e. The Morgan fingerprint density at radius 1 is 1.43 bits per heavy atom. The van der Waals surface area contributed by atoms with Crippen LogP contribution in [0.4, 0.5) is 0 Å². The van der Waals surface area contributed by atoms with Crippen molar-refractivity contribution in [1.82, 2.24) is 19.8 Å². The van der Waals surface area contributed by atoms with Crippen LogP contribution < -0.4 is 5.32 Å². The third-order valence-electron chi connectivity index (χ3n) is 3.79. The van der Waals surface area contributed by atoms with Crippen molar-refractivity contribution in [2.75, 3.05) is 53.6 Å². The zero-order chi connectivity index (χ0) is 15.6. The first-order chi connectivity index (χ1) is 10.8. The number of rotatable bonds is 8. The van der Waals surface area contributed by atoms with Crippen molar-refractivity contribution in [3.8, 4) is 0 Å². The van der Waals surface area contributed by atoms with E-state index in [1.54, 1.807) is 13.3 Å². The molecule has 0 aromatic carbocycles. The summed E-state index contributed by atoms with van der Waals surface area (Å²) in [6, 6.07) is 0. The molecule has 2 rings (SSSR count). The Balaban J connectivity index is 0.00000264. The lowest BCUT2D eigenvalue weighted by Crippen LogP contribution is -2.41. The van der Waals surface area contributed by atoms with Crippen LogP contribution in [-0.4, -0.2) is 74.0 Å². The molecule has 0 amide bonds. The van der Waals surface area contributed by atoms with Gasteiger partial charge in [0.15, 0.2) is 5.96 Å². The topological polar surface area (TPSA) is 63.9 Å². The van der Waals surface area contributed by atoms with Gasteiger partial charge >= 0.3 is 0 Å². The van der Waals surface area contributed by atoms with Crippen molar-refractivity contribution in [1.29, 1.82) is 0 Å². The quantitative estimate of drug-likeness (QED) is 0.285. The van der Waals surface area contributed by atoms with E-state index in [0.29, 0.717) is 19.1 Å². The molecular formula is C15H28IN5O2. The standard InChI is InChI=1S/C15H27N5O2.HI/c1-16-15(18-5-8-19-7-4-17-13-19)20-6-3-14(11-20)12-22-10-9-21-2;/h4,7,13-14H,3,5-6,8-12H2,1-2H3,(H,16,18);1H. The van der Waals surface area contributed by atoms with Crippen molar-refractivity contribution < 1.29 is 9.47 Å². The fraction of sp³-hybridized carbons (Fsp3) is 0.733. The van der Waals surface area contributed by atoms with Crippen LogP contribution >= 0.6 is 24.0 Å². The SMILES string of the molecule is CN=C(NCCn1ccnc1)N1CCC(COCCOC)C1.I. The van der Waals surface area contributed by atoms with Gasteiger partial charge in [-0.15, -0.1) is 24.0 Å². The lowest BCUT2D eigenvalue weighted by molar-refractivity contribution is 0.0536. The molecule has 23 heavy (non-hydrogen) atoms. The number of aromatic nitrogens is 2. The predicted octanol–water partition coefficient (Wildman–Crippen LogP) is 1.06. The van der Waals surface area contributed by atoms with E-state index in [4.69, 9.17) is 9.47 Å². The molecule has 0 spiro atoms. The third kappa shape index (κ3) is 7.05. The average molecular weight is 437 g/mol. The molecule has 7 nitrogen and oxygen atoms in total. The number of likely N-dealkylation sites (tertiary alicyclic amines) is 1. The summed E-state index contributed by atoms with van der Waals surface area (Å²) >= 11 is 0. The van der Waals surface area contributed by atoms with Crippen molar-refractivity contribution in [2.45, 2.75) is 13.0 Å². The number of halogens is 1. The summed E-state index contributed by atoms with van der Waals surface area (Å²) in [4.78, 5) is 10.7. The van der Waals surface area contributed by atoms with E-state index < -0.39 is 0 Å². The second-order valence-electron chi connectivity index (χ2n) is 5.44. The van der Waals surface area contributed by atoms with Crippen LogP contribution in [0.5, 0.6) is 0 Å². The van der Waals surface area contributed by atoms with Crippen molar-refractivity contribution in [2.24, 2.45) is 10.9 Å². The summed E-state index contributed by atoms with van der Waals surface area (Å²) < 4.78 is 12.7. The highest BCUT2D eigenvalue weighted by Gasteiger charge is 2.24. The number of hydrogen-bond acceptors (Lipinski definition) is 4. The first-order valence-corrected chi connectivity index (χ1v) is 7.81. The molecule has 1 N–H and O–H groups in total. The predicted molar refractivity (Wildman–Crippen MR) is 101 cm³/mol. The Hall–Kier alpha value is -0.870. The smallest absolute Gasteiger partial charge is 0.193 e. The molecule has 0 saturated carbocycles. The van der Waals surface area contributed by atoms with Crippen LogP contribution in [0, 0.1) is 5.92 Å². The van der Waals surface area contributed by atoms with Crippen molar-refractivity contribution >= 4 is 29.9 Å². The van der Waals surface area contributed by atoms with Crippen LogP contribution in [-0.2, 0) is 16.0 Å². The number of hydrogen-bond donors (Lipinski definition) is 1. The molecule has 1 aromatic rings. The van der Waals surface area contributed by atoms with E-state index >= 15 is 0 Å².